The number of hydrogen-bond donors (Lipinski definition) is 0. The number of likely N-dealkylation sites (tertiary alicyclic amines) is 1. The number of nitrogens with zero attached hydrogens (tertiary/aromatic N) is 1. The van der Waals surface area contributed by atoms with Crippen molar-refractivity contribution in [1.82, 2.24) is 4.90 Å². The van der Waals surface area contributed by atoms with Crippen molar-refractivity contribution in [3.8, 4) is 0 Å². The molecular formula is C16H18F3NO2. The monoisotopic (exact) mass is 313 g/mol. The third kappa shape index (κ3) is 4.26. The van der Waals surface area contributed by atoms with Gasteiger partial charge in [0, 0.05) is 13.1 Å². The zero-order chi connectivity index (χ0) is 16.5. The molecule has 1 amide bonds. The molecule has 120 valence electrons. The van der Waals surface area contributed by atoms with Gasteiger partial charge in [-0.05, 0) is 44.0 Å². The number of carbonyl (C=O) groups is 1. The topological polar surface area (TPSA) is 29.5 Å². The summed E-state index contributed by atoms with van der Waals surface area (Å²) in [6.07, 6.45) is -2.91. The number of rotatable bonds is 1. The molecule has 1 saturated heterocycles. The molecule has 0 spiro atoms. The zero-order valence-corrected chi connectivity index (χ0v) is 12.7. The van der Waals surface area contributed by atoms with Crippen LogP contribution in [0.25, 0.3) is 6.08 Å². The van der Waals surface area contributed by atoms with Crippen molar-refractivity contribution in [1.29, 1.82) is 0 Å². The third-order valence-electron chi connectivity index (χ3n) is 3.05. The molecule has 1 aromatic carbocycles. The minimum absolute atomic E-state index is 0.378. The Hall–Kier alpha value is -1.98. The molecule has 1 aliphatic heterocycles. The number of halogens is 3. The van der Waals surface area contributed by atoms with E-state index < -0.39 is 17.3 Å². The maximum atomic E-state index is 12.5. The second-order valence-corrected chi connectivity index (χ2v) is 6.26. The van der Waals surface area contributed by atoms with E-state index in [9.17, 15) is 18.0 Å². The molecule has 0 N–H and O–H groups in total. The Balaban J connectivity index is 1.93. The van der Waals surface area contributed by atoms with Crippen LogP contribution in [-0.2, 0) is 10.9 Å². The Labute approximate surface area is 127 Å². The van der Waals surface area contributed by atoms with E-state index in [4.69, 9.17) is 4.74 Å². The number of alkyl halides is 3. The van der Waals surface area contributed by atoms with Gasteiger partial charge in [-0.2, -0.15) is 13.2 Å². The maximum Gasteiger partial charge on any atom is 0.416 e. The van der Waals surface area contributed by atoms with Gasteiger partial charge in [-0.15, -0.1) is 0 Å². The molecule has 0 unspecified atom stereocenters. The van der Waals surface area contributed by atoms with Gasteiger partial charge in [0.2, 0.25) is 0 Å². The highest BCUT2D eigenvalue weighted by atomic mass is 19.4. The van der Waals surface area contributed by atoms with Crippen LogP contribution in [-0.4, -0.2) is 29.7 Å². The molecule has 22 heavy (non-hydrogen) atoms. The summed E-state index contributed by atoms with van der Waals surface area (Å²) >= 11 is 0. The van der Waals surface area contributed by atoms with Gasteiger partial charge in [0.15, 0.2) is 0 Å². The van der Waals surface area contributed by atoms with E-state index in [-0.39, 0.29) is 6.09 Å². The lowest BCUT2D eigenvalue weighted by Gasteiger charge is -2.35. The van der Waals surface area contributed by atoms with Gasteiger partial charge in [-0.3, -0.25) is 0 Å². The summed E-state index contributed by atoms with van der Waals surface area (Å²) < 4.78 is 42.6. The fraction of sp³-hybridized carbons (Fsp3) is 0.438. The average molecular weight is 313 g/mol. The molecule has 1 heterocycles. The van der Waals surface area contributed by atoms with Crippen molar-refractivity contribution in [2.24, 2.45) is 0 Å². The van der Waals surface area contributed by atoms with Crippen molar-refractivity contribution in [3.05, 3.63) is 41.0 Å². The van der Waals surface area contributed by atoms with E-state index in [1.807, 2.05) is 0 Å². The van der Waals surface area contributed by atoms with E-state index >= 15 is 0 Å². The lowest BCUT2D eigenvalue weighted by atomic mass is 10.0. The van der Waals surface area contributed by atoms with Crippen LogP contribution >= 0.6 is 0 Å². The number of ether oxygens (including phenoxy) is 1. The van der Waals surface area contributed by atoms with Crippen molar-refractivity contribution in [3.63, 3.8) is 0 Å². The summed E-state index contributed by atoms with van der Waals surface area (Å²) in [5.41, 5.74) is 0.459. The molecule has 0 saturated carbocycles. The Morgan fingerprint density at radius 3 is 2.14 bits per heavy atom. The van der Waals surface area contributed by atoms with Crippen LogP contribution in [0.15, 0.2) is 29.8 Å². The second kappa shape index (κ2) is 5.66. The number of benzene rings is 1. The fourth-order valence-corrected chi connectivity index (χ4v) is 1.99. The predicted octanol–water partition coefficient (Wildman–Crippen LogP) is 4.34. The van der Waals surface area contributed by atoms with Gasteiger partial charge in [0.1, 0.15) is 5.60 Å². The number of amides is 1. The SMILES string of the molecule is CC(C)(C)OC(=O)N1CC(=Cc2ccc(C(F)(F)F)cc2)C1. The van der Waals surface area contributed by atoms with Crippen molar-refractivity contribution < 1.29 is 22.7 Å². The van der Waals surface area contributed by atoms with Gasteiger partial charge in [0.25, 0.3) is 0 Å². The Morgan fingerprint density at radius 1 is 1.14 bits per heavy atom. The molecule has 0 aromatic heterocycles. The highest BCUT2D eigenvalue weighted by Crippen LogP contribution is 2.29. The van der Waals surface area contributed by atoms with Crippen LogP contribution in [0, 0.1) is 0 Å². The predicted molar refractivity (Wildman–Crippen MR) is 77.2 cm³/mol. The fourth-order valence-electron chi connectivity index (χ4n) is 1.99. The van der Waals surface area contributed by atoms with Gasteiger partial charge in [-0.25, -0.2) is 4.79 Å². The molecule has 2 rings (SSSR count). The molecule has 6 heteroatoms. The summed E-state index contributed by atoms with van der Waals surface area (Å²) in [6, 6.07) is 4.95. The summed E-state index contributed by atoms with van der Waals surface area (Å²) in [6.45, 7) is 6.27. The zero-order valence-electron chi connectivity index (χ0n) is 12.7. The molecule has 1 fully saturated rings. The van der Waals surface area contributed by atoms with Crippen LogP contribution < -0.4 is 0 Å². The summed E-state index contributed by atoms with van der Waals surface area (Å²) in [5, 5.41) is 0. The molecule has 1 aromatic rings. The van der Waals surface area contributed by atoms with Crippen molar-refractivity contribution in [2.45, 2.75) is 32.5 Å². The molecule has 0 atom stereocenters. The molecule has 0 radical (unpaired) electrons. The average Bonchev–Trinajstić information content (AvgIpc) is 2.30. The van der Waals surface area contributed by atoms with Crippen molar-refractivity contribution in [2.75, 3.05) is 13.1 Å². The lowest BCUT2D eigenvalue weighted by molar-refractivity contribution is -0.137. The summed E-state index contributed by atoms with van der Waals surface area (Å²) in [4.78, 5) is 13.3. The molecule has 3 nitrogen and oxygen atoms in total. The highest BCUT2D eigenvalue weighted by Gasteiger charge is 2.31. The van der Waals surface area contributed by atoms with Gasteiger partial charge >= 0.3 is 12.3 Å². The maximum absolute atomic E-state index is 12.5. The van der Waals surface area contributed by atoms with E-state index in [2.05, 4.69) is 0 Å². The van der Waals surface area contributed by atoms with E-state index in [0.717, 1.165) is 17.7 Å². The first-order chi connectivity index (χ1) is 10.0. The second-order valence-electron chi connectivity index (χ2n) is 6.26. The normalized spacial score (nSPS) is 15.4. The number of carbonyl (C=O) groups excluding carboxylic acids is 1. The van der Waals surface area contributed by atoms with Gasteiger partial charge in [-0.1, -0.05) is 18.2 Å². The minimum Gasteiger partial charge on any atom is -0.444 e. The van der Waals surface area contributed by atoms with Crippen molar-refractivity contribution >= 4 is 12.2 Å². The Kier molecular flexibility index (Phi) is 4.22. The van der Waals surface area contributed by atoms with Gasteiger partial charge in [0.05, 0.1) is 5.56 Å². The molecule has 0 bridgehead atoms. The summed E-state index contributed by atoms with van der Waals surface area (Å²) in [7, 11) is 0. The standard InChI is InChI=1S/C16H18F3NO2/c1-15(2,3)22-14(21)20-9-12(10-20)8-11-4-6-13(7-5-11)16(17,18)19/h4-8H,9-10H2,1-3H3. The van der Waals surface area contributed by atoms with Crippen LogP contribution in [0.1, 0.15) is 31.9 Å². The number of hydrogen-bond acceptors (Lipinski definition) is 2. The smallest absolute Gasteiger partial charge is 0.416 e. The van der Waals surface area contributed by atoms with Crippen LogP contribution in [0.2, 0.25) is 0 Å². The molecule has 1 aliphatic rings. The minimum atomic E-state index is -4.32. The third-order valence-corrected chi connectivity index (χ3v) is 3.05. The van der Waals surface area contributed by atoms with E-state index in [1.165, 1.54) is 12.1 Å². The molecular weight excluding hydrogens is 295 g/mol. The van der Waals surface area contributed by atoms with E-state index in [0.29, 0.717) is 18.7 Å². The Bertz CT molecular complexity index is 575. The largest absolute Gasteiger partial charge is 0.444 e. The lowest BCUT2D eigenvalue weighted by Crippen LogP contribution is -2.46. The first kappa shape index (κ1) is 16.4. The van der Waals surface area contributed by atoms with Crippen LogP contribution in [0.5, 0.6) is 0 Å². The van der Waals surface area contributed by atoms with E-state index in [1.54, 1.807) is 31.7 Å². The quantitative estimate of drug-likeness (QED) is 0.772. The Morgan fingerprint density at radius 2 is 1.68 bits per heavy atom. The first-order valence-electron chi connectivity index (χ1n) is 6.89. The first-order valence-corrected chi connectivity index (χ1v) is 6.89. The van der Waals surface area contributed by atoms with Crippen LogP contribution in [0.3, 0.4) is 0 Å². The summed E-state index contributed by atoms with van der Waals surface area (Å²) in [5.74, 6) is 0. The molecule has 0 aliphatic carbocycles. The van der Waals surface area contributed by atoms with Crippen LogP contribution in [0.4, 0.5) is 18.0 Å². The highest BCUT2D eigenvalue weighted by molar-refractivity contribution is 5.72. The van der Waals surface area contributed by atoms with Gasteiger partial charge < -0.3 is 9.64 Å².